The summed E-state index contributed by atoms with van der Waals surface area (Å²) in [5, 5.41) is 7.32. The maximum Gasteiger partial charge on any atom is 0.133 e. The summed E-state index contributed by atoms with van der Waals surface area (Å²) in [6.07, 6.45) is 8.65. The van der Waals surface area contributed by atoms with Crippen LogP contribution < -0.4 is 10.6 Å². The molecule has 3 aliphatic carbocycles. The summed E-state index contributed by atoms with van der Waals surface area (Å²) >= 11 is 0. The van der Waals surface area contributed by atoms with E-state index in [4.69, 9.17) is 4.98 Å². The average molecular weight is 493 g/mol. The van der Waals surface area contributed by atoms with Crippen LogP contribution in [-0.2, 0) is 12.8 Å². The zero-order valence-corrected chi connectivity index (χ0v) is 20.5. The standard InChI is InChI=1S/C30H29FN6/c31-21-8-16(3-5-19(21)27-13-32-29(36-27)25-11-17-9-23(17)33-25)15-2-1-14-4-6-22-28(20(14)7-15)37-30(35-22)26-12-18-10-24(18)34-26/h1-3,5,7-8,13,17-18,23-26,33-34H,4,6,9-12H2,(H,32,36)(H,35,37)/t17-,18-,23-,24-,25-,26-/m0/s1. The van der Waals surface area contributed by atoms with Crippen LogP contribution in [0.4, 0.5) is 4.39 Å². The van der Waals surface area contributed by atoms with Crippen LogP contribution in [0.5, 0.6) is 0 Å². The van der Waals surface area contributed by atoms with Gasteiger partial charge in [-0.3, -0.25) is 0 Å². The fraction of sp³-hybridized carbons (Fsp3) is 0.400. The third-order valence-electron chi connectivity index (χ3n) is 9.41. The van der Waals surface area contributed by atoms with E-state index >= 15 is 4.39 Å². The first kappa shape index (κ1) is 20.7. The Kier molecular flexibility index (Phi) is 4.14. The maximum absolute atomic E-state index is 15.4. The van der Waals surface area contributed by atoms with Crippen LogP contribution in [0.15, 0.2) is 42.6 Å². The number of nitrogens with zero attached hydrogens (tertiary/aromatic N) is 2. The van der Waals surface area contributed by atoms with Crippen molar-refractivity contribution in [1.82, 2.24) is 30.6 Å². The quantitative estimate of drug-likeness (QED) is 0.315. The second kappa shape index (κ2) is 7.39. The van der Waals surface area contributed by atoms with Crippen LogP contribution in [0.1, 0.15) is 60.7 Å². The van der Waals surface area contributed by atoms with E-state index in [1.165, 1.54) is 36.1 Å². The van der Waals surface area contributed by atoms with Gasteiger partial charge in [-0.05, 0) is 85.3 Å². The molecule has 0 radical (unpaired) electrons. The number of rotatable bonds is 4. The number of halogens is 1. The van der Waals surface area contributed by atoms with E-state index in [-0.39, 0.29) is 11.9 Å². The smallest absolute Gasteiger partial charge is 0.133 e. The van der Waals surface area contributed by atoms with Crippen LogP contribution >= 0.6 is 0 Å². The van der Waals surface area contributed by atoms with Crippen molar-refractivity contribution < 1.29 is 4.39 Å². The molecule has 2 aromatic heterocycles. The van der Waals surface area contributed by atoms with E-state index in [1.54, 1.807) is 12.3 Å². The molecule has 0 spiro atoms. The van der Waals surface area contributed by atoms with Crippen molar-refractivity contribution in [3.8, 4) is 33.6 Å². The molecule has 7 heteroatoms. The minimum Gasteiger partial charge on any atom is -0.344 e. The second-order valence-electron chi connectivity index (χ2n) is 11.8. The van der Waals surface area contributed by atoms with Crippen molar-refractivity contribution in [3.05, 3.63) is 71.3 Å². The number of nitrogens with one attached hydrogen (secondary N) is 4. The zero-order valence-electron chi connectivity index (χ0n) is 20.5. The molecule has 6 atom stereocenters. The molecule has 2 saturated carbocycles. The number of aryl methyl sites for hydroxylation is 2. The fourth-order valence-corrected chi connectivity index (χ4v) is 7.08. The van der Waals surface area contributed by atoms with Crippen molar-refractivity contribution in [3.63, 3.8) is 0 Å². The molecule has 4 N–H and O–H groups in total. The lowest BCUT2D eigenvalue weighted by Gasteiger charge is -2.16. The van der Waals surface area contributed by atoms with E-state index in [0.29, 0.717) is 23.7 Å². The molecule has 37 heavy (non-hydrogen) atoms. The first-order chi connectivity index (χ1) is 18.2. The van der Waals surface area contributed by atoms with Gasteiger partial charge in [0.25, 0.3) is 0 Å². The van der Waals surface area contributed by atoms with Gasteiger partial charge in [0.1, 0.15) is 17.5 Å². The summed E-state index contributed by atoms with van der Waals surface area (Å²) < 4.78 is 15.4. The predicted molar refractivity (Wildman–Crippen MR) is 139 cm³/mol. The number of piperidine rings is 2. The zero-order chi connectivity index (χ0) is 24.2. The molecular formula is C30H29FN6. The molecule has 2 aliphatic heterocycles. The number of benzene rings is 2. The summed E-state index contributed by atoms with van der Waals surface area (Å²) in [5.74, 6) is 3.39. The number of aromatic nitrogens is 4. The minimum absolute atomic E-state index is 0.235. The largest absolute Gasteiger partial charge is 0.344 e. The Hall–Kier alpha value is -3.29. The fourth-order valence-electron chi connectivity index (χ4n) is 7.08. The number of hydrogen-bond donors (Lipinski definition) is 4. The average Bonchev–Trinajstić information content (AvgIpc) is 3.50. The van der Waals surface area contributed by atoms with Gasteiger partial charge in [-0.25, -0.2) is 14.4 Å². The summed E-state index contributed by atoms with van der Waals surface area (Å²) in [4.78, 5) is 16.6. The van der Waals surface area contributed by atoms with Crippen LogP contribution in [-0.4, -0.2) is 32.0 Å². The Morgan fingerprint density at radius 3 is 2.27 bits per heavy atom. The van der Waals surface area contributed by atoms with E-state index in [1.807, 2.05) is 12.1 Å². The van der Waals surface area contributed by atoms with Crippen molar-refractivity contribution in [2.75, 3.05) is 0 Å². The highest BCUT2D eigenvalue weighted by atomic mass is 19.1. The van der Waals surface area contributed by atoms with Gasteiger partial charge in [-0.2, -0.15) is 0 Å². The van der Waals surface area contributed by atoms with Crippen molar-refractivity contribution in [2.45, 2.75) is 62.7 Å². The summed E-state index contributed by atoms with van der Waals surface area (Å²) in [6.45, 7) is 0. The molecule has 0 unspecified atom stereocenters. The van der Waals surface area contributed by atoms with Crippen molar-refractivity contribution in [1.29, 1.82) is 0 Å². The minimum atomic E-state index is -0.235. The molecule has 2 saturated heterocycles. The monoisotopic (exact) mass is 492 g/mol. The summed E-state index contributed by atoms with van der Waals surface area (Å²) in [5.41, 5.74) is 7.98. The summed E-state index contributed by atoms with van der Waals surface area (Å²) in [7, 11) is 0. The highest BCUT2D eigenvalue weighted by Gasteiger charge is 2.47. The van der Waals surface area contributed by atoms with Crippen molar-refractivity contribution >= 4 is 0 Å². The number of aromatic amines is 2. The maximum atomic E-state index is 15.4. The Morgan fingerprint density at radius 2 is 1.51 bits per heavy atom. The molecule has 4 heterocycles. The number of imidazole rings is 2. The highest BCUT2D eigenvalue weighted by Crippen LogP contribution is 2.47. The van der Waals surface area contributed by atoms with Crippen LogP contribution in [0, 0.1) is 17.7 Å². The topological polar surface area (TPSA) is 81.4 Å². The molecule has 0 bridgehead atoms. The Bertz CT molecular complexity index is 1550. The van der Waals surface area contributed by atoms with Gasteiger partial charge in [0, 0.05) is 28.9 Å². The molecule has 9 rings (SSSR count). The third kappa shape index (κ3) is 3.30. The van der Waals surface area contributed by atoms with E-state index in [0.717, 1.165) is 65.3 Å². The van der Waals surface area contributed by atoms with Crippen molar-refractivity contribution in [2.24, 2.45) is 11.8 Å². The van der Waals surface area contributed by atoms with Crippen LogP contribution in [0.2, 0.25) is 0 Å². The van der Waals surface area contributed by atoms with E-state index in [9.17, 15) is 0 Å². The second-order valence-corrected chi connectivity index (χ2v) is 11.8. The Balaban J connectivity index is 1.01. The molecule has 0 amide bonds. The molecule has 186 valence electrons. The van der Waals surface area contributed by atoms with E-state index in [2.05, 4.69) is 43.8 Å². The number of fused-ring (bicyclic) bond motifs is 5. The lowest BCUT2D eigenvalue weighted by molar-refractivity contribution is 0.542. The highest BCUT2D eigenvalue weighted by molar-refractivity contribution is 5.77. The predicted octanol–water partition coefficient (Wildman–Crippen LogP) is 5.22. The Morgan fingerprint density at radius 1 is 0.757 bits per heavy atom. The lowest BCUT2D eigenvalue weighted by Crippen LogP contribution is -2.18. The van der Waals surface area contributed by atoms with Gasteiger partial charge >= 0.3 is 0 Å². The normalized spacial score (nSPS) is 30.5. The van der Waals surface area contributed by atoms with Gasteiger partial charge in [-0.15, -0.1) is 0 Å². The molecule has 4 aromatic rings. The van der Waals surface area contributed by atoms with Gasteiger partial charge in [0.2, 0.25) is 0 Å². The van der Waals surface area contributed by atoms with Gasteiger partial charge in [0.15, 0.2) is 0 Å². The van der Waals surface area contributed by atoms with Gasteiger partial charge in [-0.1, -0.05) is 18.2 Å². The summed E-state index contributed by atoms with van der Waals surface area (Å²) in [6, 6.07) is 14.0. The Labute approximate surface area is 214 Å². The lowest BCUT2D eigenvalue weighted by atomic mass is 9.89. The first-order valence-corrected chi connectivity index (χ1v) is 13.8. The van der Waals surface area contributed by atoms with Gasteiger partial charge in [0.05, 0.1) is 29.7 Å². The SMILES string of the molecule is Fc1cc(-c2ccc3c(c2)-c2nc([C@@H]4C[C@@H]5C[C@@H]5N4)[nH]c2CC3)ccc1-c1cnc([C@@H]2C[C@@H]3C[C@@H]3N2)[nH]1. The first-order valence-electron chi connectivity index (χ1n) is 13.8. The molecule has 5 aliphatic rings. The molecule has 6 nitrogen and oxygen atoms in total. The van der Waals surface area contributed by atoms with Crippen LogP contribution in [0.25, 0.3) is 33.6 Å². The third-order valence-corrected chi connectivity index (χ3v) is 9.41. The number of hydrogen-bond acceptors (Lipinski definition) is 4. The molecular weight excluding hydrogens is 463 g/mol. The van der Waals surface area contributed by atoms with E-state index < -0.39 is 0 Å². The number of H-pyrrole nitrogens is 2. The molecule has 2 aromatic carbocycles. The van der Waals surface area contributed by atoms with Crippen LogP contribution in [0.3, 0.4) is 0 Å². The molecule has 4 fully saturated rings. The van der Waals surface area contributed by atoms with Gasteiger partial charge < -0.3 is 20.6 Å².